The zero-order valence-electron chi connectivity index (χ0n) is 8.41. The van der Waals surface area contributed by atoms with Gasteiger partial charge >= 0.3 is 11.9 Å². The van der Waals surface area contributed by atoms with E-state index in [0.29, 0.717) is 5.69 Å². The zero-order valence-corrected chi connectivity index (χ0v) is 8.41. The van der Waals surface area contributed by atoms with E-state index >= 15 is 0 Å². The zero-order chi connectivity index (χ0) is 12.0. The number of carboxylic acids is 2. The molecule has 1 atom stereocenters. The third kappa shape index (κ3) is 3.60. The second kappa shape index (κ2) is 5.74. The summed E-state index contributed by atoms with van der Waals surface area (Å²) < 4.78 is 0. The number of nitrogens with zero attached hydrogens (tertiary/aromatic N) is 3. The van der Waals surface area contributed by atoms with Gasteiger partial charge < -0.3 is 10.2 Å². The van der Waals surface area contributed by atoms with E-state index in [9.17, 15) is 9.59 Å². The molecular formula is C9H11N3O4. The van der Waals surface area contributed by atoms with E-state index in [1.54, 1.807) is 0 Å². The summed E-state index contributed by atoms with van der Waals surface area (Å²) in [4.78, 5) is 21.2. The first-order valence-corrected chi connectivity index (χ1v) is 4.70. The molecule has 16 heavy (non-hydrogen) atoms. The molecule has 0 bridgehead atoms. The van der Waals surface area contributed by atoms with Crippen LogP contribution in [0.5, 0.6) is 0 Å². The van der Waals surface area contributed by atoms with Gasteiger partial charge in [-0.05, 0) is 24.1 Å². The van der Waals surface area contributed by atoms with Crippen LogP contribution in [0.1, 0.15) is 30.9 Å². The lowest BCUT2D eigenvalue weighted by molar-refractivity contribution is -0.140. The van der Waals surface area contributed by atoms with Crippen LogP contribution in [0.4, 0.5) is 0 Å². The van der Waals surface area contributed by atoms with Gasteiger partial charge in [-0.25, -0.2) is 0 Å². The highest BCUT2D eigenvalue weighted by Crippen LogP contribution is 2.19. The molecule has 0 amide bonds. The van der Waals surface area contributed by atoms with Crippen molar-refractivity contribution in [2.75, 3.05) is 0 Å². The Morgan fingerprint density at radius 3 is 2.62 bits per heavy atom. The van der Waals surface area contributed by atoms with Gasteiger partial charge in [0.25, 0.3) is 0 Å². The summed E-state index contributed by atoms with van der Waals surface area (Å²) in [6.07, 6.45) is 1.81. The number of carbonyl (C=O) groups is 2. The number of aliphatic carboxylic acids is 2. The monoisotopic (exact) mass is 225 g/mol. The van der Waals surface area contributed by atoms with Gasteiger partial charge in [0.2, 0.25) is 0 Å². The Morgan fingerprint density at radius 1 is 1.38 bits per heavy atom. The van der Waals surface area contributed by atoms with Crippen LogP contribution in [0.2, 0.25) is 0 Å². The van der Waals surface area contributed by atoms with Crippen LogP contribution in [-0.2, 0) is 9.59 Å². The summed E-state index contributed by atoms with van der Waals surface area (Å²) in [5.41, 5.74) is 0.299. The lowest BCUT2D eigenvalue weighted by Crippen LogP contribution is -2.14. The lowest BCUT2D eigenvalue weighted by Gasteiger charge is -2.09. The molecular weight excluding hydrogens is 214 g/mol. The van der Waals surface area contributed by atoms with Crippen molar-refractivity contribution in [3.63, 3.8) is 0 Å². The highest BCUT2D eigenvalue weighted by atomic mass is 16.4. The molecule has 0 spiro atoms. The molecule has 0 aliphatic rings. The van der Waals surface area contributed by atoms with Gasteiger partial charge in [-0.2, -0.15) is 0 Å². The third-order valence-corrected chi connectivity index (χ3v) is 2.06. The standard InChI is InChI=1S/C9H11N3O4/c13-8(14)3-1-2-6(9(15)16)7-4-5-10-12-11-7/h4-6H,1-3H2,(H,13,14)(H,15,16). The average Bonchev–Trinajstić information content (AvgIpc) is 2.25. The van der Waals surface area contributed by atoms with Crippen LogP contribution >= 0.6 is 0 Å². The highest BCUT2D eigenvalue weighted by molar-refractivity contribution is 5.75. The van der Waals surface area contributed by atoms with Gasteiger partial charge in [-0.3, -0.25) is 9.59 Å². The Labute approximate surface area is 91.1 Å². The SMILES string of the molecule is O=C(O)CCCC(C(=O)O)c1ccnnn1. The van der Waals surface area contributed by atoms with Crippen molar-refractivity contribution >= 4 is 11.9 Å². The first-order chi connectivity index (χ1) is 7.61. The number of rotatable bonds is 6. The molecule has 1 aromatic rings. The maximum absolute atomic E-state index is 10.9. The van der Waals surface area contributed by atoms with Crippen molar-refractivity contribution in [3.8, 4) is 0 Å². The summed E-state index contributed by atoms with van der Waals surface area (Å²) in [7, 11) is 0. The van der Waals surface area contributed by atoms with Crippen molar-refractivity contribution in [3.05, 3.63) is 18.0 Å². The van der Waals surface area contributed by atoms with Crippen LogP contribution in [-0.4, -0.2) is 37.6 Å². The minimum Gasteiger partial charge on any atom is -0.481 e. The van der Waals surface area contributed by atoms with Gasteiger partial charge in [-0.1, -0.05) is 0 Å². The molecule has 0 aliphatic carbocycles. The quantitative estimate of drug-likeness (QED) is 0.715. The molecule has 0 radical (unpaired) electrons. The van der Waals surface area contributed by atoms with E-state index in [-0.39, 0.29) is 19.3 Å². The molecule has 0 aliphatic heterocycles. The summed E-state index contributed by atoms with van der Waals surface area (Å²) in [6.45, 7) is 0. The summed E-state index contributed by atoms with van der Waals surface area (Å²) in [6, 6.07) is 1.46. The Bertz CT molecular complexity index is 368. The predicted octanol–water partition coefficient (Wildman–Crippen LogP) is 0.295. The van der Waals surface area contributed by atoms with Gasteiger partial charge in [-0.15, -0.1) is 10.2 Å². The van der Waals surface area contributed by atoms with Gasteiger partial charge in [0.05, 0.1) is 11.9 Å². The Morgan fingerprint density at radius 2 is 2.12 bits per heavy atom. The van der Waals surface area contributed by atoms with Crippen molar-refractivity contribution in [2.45, 2.75) is 25.2 Å². The molecule has 2 N–H and O–H groups in total. The number of hydrogen-bond donors (Lipinski definition) is 2. The molecule has 0 saturated carbocycles. The summed E-state index contributed by atoms with van der Waals surface area (Å²) >= 11 is 0. The molecule has 0 aromatic carbocycles. The van der Waals surface area contributed by atoms with E-state index in [4.69, 9.17) is 10.2 Å². The molecule has 1 rings (SSSR count). The number of hydrogen-bond acceptors (Lipinski definition) is 5. The van der Waals surface area contributed by atoms with Crippen LogP contribution < -0.4 is 0 Å². The second-order valence-electron chi connectivity index (χ2n) is 3.22. The number of carboxylic acid groups (broad SMARTS) is 2. The van der Waals surface area contributed by atoms with Crippen molar-refractivity contribution < 1.29 is 19.8 Å². The second-order valence-corrected chi connectivity index (χ2v) is 3.22. The smallest absolute Gasteiger partial charge is 0.312 e. The fourth-order valence-electron chi connectivity index (χ4n) is 1.29. The van der Waals surface area contributed by atoms with E-state index in [1.807, 2.05) is 0 Å². The minimum atomic E-state index is -1.04. The normalized spacial score (nSPS) is 12.0. The predicted molar refractivity (Wildman–Crippen MR) is 51.7 cm³/mol. The summed E-state index contributed by atoms with van der Waals surface area (Å²) in [5, 5.41) is 27.8. The van der Waals surface area contributed by atoms with Crippen molar-refractivity contribution in [2.24, 2.45) is 0 Å². The van der Waals surface area contributed by atoms with E-state index in [2.05, 4.69) is 15.4 Å². The van der Waals surface area contributed by atoms with E-state index in [1.165, 1.54) is 12.3 Å². The Hall–Kier alpha value is -2.05. The average molecular weight is 225 g/mol. The molecule has 1 aromatic heterocycles. The van der Waals surface area contributed by atoms with E-state index in [0.717, 1.165) is 0 Å². The van der Waals surface area contributed by atoms with Crippen molar-refractivity contribution in [1.29, 1.82) is 0 Å². The minimum absolute atomic E-state index is 0.0533. The van der Waals surface area contributed by atoms with Crippen molar-refractivity contribution in [1.82, 2.24) is 15.4 Å². The van der Waals surface area contributed by atoms with Crippen LogP contribution in [0, 0.1) is 0 Å². The van der Waals surface area contributed by atoms with Gasteiger partial charge in [0.1, 0.15) is 5.92 Å². The van der Waals surface area contributed by atoms with E-state index < -0.39 is 17.9 Å². The summed E-state index contributed by atoms with van der Waals surface area (Å²) in [5.74, 6) is -2.80. The maximum atomic E-state index is 10.9. The molecule has 1 heterocycles. The lowest BCUT2D eigenvalue weighted by atomic mass is 9.98. The fraction of sp³-hybridized carbons (Fsp3) is 0.444. The topological polar surface area (TPSA) is 113 Å². The molecule has 0 saturated heterocycles. The highest BCUT2D eigenvalue weighted by Gasteiger charge is 2.21. The van der Waals surface area contributed by atoms with Gasteiger partial charge in [0.15, 0.2) is 0 Å². The molecule has 86 valence electrons. The maximum Gasteiger partial charge on any atom is 0.312 e. The van der Waals surface area contributed by atoms with Crippen LogP contribution in [0.3, 0.4) is 0 Å². The molecule has 0 fully saturated rings. The first kappa shape index (κ1) is 12.0. The first-order valence-electron chi connectivity index (χ1n) is 4.70. The molecule has 7 nitrogen and oxygen atoms in total. The molecule has 1 unspecified atom stereocenters. The van der Waals surface area contributed by atoms with Crippen LogP contribution in [0.25, 0.3) is 0 Å². The fourth-order valence-corrected chi connectivity index (χ4v) is 1.29. The molecule has 7 heteroatoms. The third-order valence-electron chi connectivity index (χ3n) is 2.06. The Kier molecular flexibility index (Phi) is 4.31. The van der Waals surface area contributed by atoms with Gasteiger partial charge in [0, 0.05) is 6.42 Å². The largest absolute Gasteiger partial charge is 0.481 e. The number of aromatic nitrogens is 3. The Balaban J connectivity index is 2.62. The van der Waals surface area contributed by atoms with Crippen LogP contribution in [0.15, 0.2) is 12.3 Å².